The topological polar surface area (TPSA) is 55.6 Å². The minimum Gasteiger partial charge on any atom is -0.483 e. The van der Waals surface area contributed by atoms with Gasteiger partial charge in [-0.1, -0.05) is 37.7 Å². The van der Waals surface area contributed by atoms with Gasteiger partial charge in [-0.25, -0.2) is 0 Å². The molecule has 1 unspecified atom stereocenters. The predicted octanol–water partition coefficient (Wildman–Crippen LogP) is 2.35. The molecule has 1 saturated heterocycles. The summed E-state index contributed by atoms with van der Waals surface area (Å²) in [5.41, 5.74) is 6.32. The van der Waals surface area contributed by atoms with Crippen LogP contribution in [0.25, 0.3) is 0 Å². The Morgan fingerprint density at radius 3 is 2.95 bits per heavy atom. The zero-order valence-electron chi connectivity index (χ0n) is 12.4. The van der Waals surface area contributed by atoms with Crippen molar-refractivity contribution in [3.63, 3.8) is 0 Å². The van der Waals surface area contributed by atoms with Gasteiger partial charge in [0, 0.05) is 13.1 Å². The predicted molar refractivity (Wildman–Crippen MR) is 87.4 cm³/mol. The second kappa shape index (κ2) is 7.41. The molecule has 1 aromatic rings. The first kappa shape index (κ1) is 15.8. The molecular formula is C16H22N2O2S. The highest BCUT2D eigenvalue weighted by atomic mass is 32.1. The average Bonchev–Trinajstić information content (AvgIpc) is 2.94. The number of para-hydroxylation sites is 1. The highest BCUT2D eigenvalue weighted by molar-refractivity contribution is 7.80. The number of benzene rings is 1. The molecule has 5 heteroatoms. The molecule has 0 bridgehead atoms. The van der Waals surface area contributed by atoms with Crippen molar-refractivity contribution in [2.24, 2.45) is 11.7 Å². The first-order chi connectivity index (χ1) is 10.1. The van der Waals surface area contributed by atoms with Crippen molar-refractivity contribution in [3.8, 4) is 5.75 Å². The molecule has 0 aromatic heterocycles. The van der Waals surface area contributed by atoms with Crippen molar-refractivity contribution in [1.29, 1.82) is 0 Å². The van der Waals surface area contributed by atoms with Crippen LogP contribution in [-0.2, 0) is 4.79 Å². The van der Waals surface area contributed by atoms with Gasteiger partial charge in [0.05, 0.1) is 5.56 Å². The van der Waals surface area contributed by atoms with Gasteiger partial charge in [-0.2, -0.15) is 0 Å². The van der Waals surface area contributed by atoms with Gasteiger partial charge in [0.2, 0.25) is 0 Å². The van der Waals surface area contributed by atoms with E-state index in [-0.39, 0.29) is 17.5 Å². The highest BCUT2D eigenvalue weighted by Crippen LogP contribution is 2.22. The van der Waals surface area contributed by atoms with Crippen LogP contribution < -0.4 is 10.5 Å². The van der Waals surface area contributed by atoms with Gasteiger partial charge in [-0.05, 0) is 30.9 Å². The molecule has 1 aliphatic rings. The molecule has 2 rings (SSSR count). The molecule has 0 radical (unpaired) electrons. The maximum absolute atomic E-state index is 12.2. The van der Waals surface area contributed by atoms with Gasteiger partial charge in [0.15, 0.2) is 6.61 Å². The van der Waals surface area contributed by atoms with E-state index in [9.17, 15) is 4.79 Å². The fourth-order valence-electron chi connectivity index (χ4n) is 2.73. The molecular weight excluding hydrogens is 284 g/mol. The van der Waals surface area contributed by atoms with E-state index in [1.165, 1.54) is 12.8 Å². The van der Waals surface area contributed by atoms with Crippen LogP contribution in [0.2, 0.25) is 0 Å². The minimum atomic E-state index is 0.0337. The SMILES string of the molecule is CCCC1CCN(C(=O)COc2ccccc2C(N)=S)C1. The van der Waals surface area contributed by atoms with Crippen LogP contribution in [0.5, 0.6) is 5.75 Å². The Bertz CT molecular complexity index is 519. The third-order valence-corrected chi connectivity index (χ3v) is 4.06. The summed E-state index contributed by atoms with van der Waals surface area (Å²) in [5, 5.41) is 0. The molecule has 1 aromatic carbocycles. The average molecular weight is 306 g/mol. The number of rotatable bonds is 6. The Kier molecular flexibility index (Phi) is 5.56. The Balaban J connectivity index is 1.89. The number of thiocarbonyl (C=S) groups is 1. The smallest absolute Gasteiger partial charge is 0.260 e. The van der Waals surface area contributed by atoms with Crippen molar-refractivity contribution in [1.82, 2.24) is 4.90 Å². The van der Waals surface area contributed by atoms with Crippen LogP contribution in [0.15, 0.2) is 24.3 Å². The summed E-state index contributed by atoms with van der Waals surface area (Å²) in [6.45, 7) is 3.91. The number of carbonyl (C=O) groups is 1. The van der Waals surface area contributed by atoms with Gasteiger partial charge in [-0.3, -0.25) is 4.79 Å². The van der Waals surface area contributed by atoms with Gasteiger partial charge in [0.25, 0.3) is 5.91 Å². The highest BCUT2D eigenvalue weighted by Gasteiger charge is 2.25. The van der Waals surface area contributed by atoms with E-state index in [2.05, 4.69) is 6.92 Å². The summed E-state index contributed by atoms with van der Waals surface area (Å²) in [5.74, 6) is 1.25. The van der Waals surface area contributed by atoms with Crippen LogP contribution in [0.4, 0.5) is 0 Å². The second-order valence-corrected chi connectivity index (χ2v) is 5.87. The Labute approximate surface area is 131 Å². The van der Waals surface area contributed by atoms with Crippen molar-refractivity contribution < 1.29 is 9.53 Å². The number of nitrogens with two attached hydrogens (primary N) is 1. The molecule has 1 atom stereocenters. The minimum absolute atomic E-state index is 0.0337. The van der Waals surface area contributed by atoms with Crippen LogP contribution in [-0.4, -0.2) is 35.5 Å². The van der Waals surface area contributed by atoms with Crippen molar-refractivity contribution in [2.45, 2.75) is 26.2 Å². The molecule has 1 fully saturated rings. The molecule has 1 aliphatic heterocycles. The number of hydrogen-bond acceptors (Lipinski definition) is 3. The summed E-state index contributed by atoms with van der Waals surface area (Å²) < 4.78 is 5.61. The van der Waals surface area contributed by atoms with E-state index in [0.29, 0.717) is 17.2 Å². The van der Waals surface area contributed by atoms with E-state index in [0.717, 1.165) is 19.5 Å². The zero-order chi connectivity index (χ0) is 15.2. The van der Waals surface area contributed by atoms with E-state index < -0.39 is 0 Å². The summed E-state index contributed by atoms with van der Waals surface area (Å²) in [4.78, 5) is 14.4. The van der Waals surface area contributed by atoms with Crippen LogP contribution in [0.3, 0.4) is 0 Å². The van der Waals surface area contributed by atoms with Crippen LogP contribution in [0, 0.1) is 5.92 Å². The lowest BCUT2D eigenvalue weighted by atomic mass is 10.0. The Morgan fingerprint density at radius 1 is 1.48 bits per heavy atom. The summed E-state index contributed by atoms with van der Waals surface area (Å²) in [7, 11) is 0. The quantitative estimate of drug-likeness (QED) is 0.820. The maximum atomic E-state index is 12.2. The fraction of sp³-hybridized carbons (Fsp3) is 0.500. The van der Waals surface area contributed by atoms with E-state index in [1.807, 2.05) is 17.0 Å². The van der Waals surface area contributed by atoms with Gasteiger partial charge in [0.1, 0.15) is 10.7 Å². The van der Waals surface area contributed by atoms with Gasteiger partial charge < -0.3 is 15.4 Å². The van der Waals surface area contributed by atoms with Crippen LogP contribution >= 0.6 is 12.2 Å². The number of ether oxygens (including phenoxy) is 1. The second-order valence-electron chi connectivity index (χ2n) is 5.43. The lowest BCUT2D eigenvalue weighted by molar-refractivity contribution is -0.132. The lowest BCUT2D eigenvalue weighted by Crippen LogP contribution is -2.33. The summed E-state index contributed by atoms with van der Waals surface area (Å²) >= 11 is 4.98. The first-order valence-corrected chi connectivity index (χ1v) is 7.82. The van der Waals surface area contributed by atoms with Crippen molar-refractivity contribution >= 4 is 23.1 Å². The molecule has 21 heavy (non-hydrogen) atoms. The number of nitrogens with zero attached hydrogens (tertiary/aromatic N) is 1. The first-order valence-electron chi connectivity index (χ1n) is 7.41. The van der Waals surface area contributed by atoms with Gasteiger partial charge >= 0.3 is 0 Å². The summed E-state index contributed by atoms with van der Waals surface area (Å²) in [6.07, 6.45) is 3.46. The molecule has 2 N–H and O–H groups in total. The number of carbonyl (C=O) groups excluding carboxylic acids is 1. The molecule has 0 aliphatic carbocycles. The largest absolute Gasteiger partial charge is 0.483 e. The third kappa shape index (κ3) is 4.17. The van der Waals surface area contributed by atoms with E-state index in [4.69, 9.17) is 22.7 Å². The molecule has 4 nitrogen and oxygen atoms in total. The Morgan fingerprint density at radius 2 is 2.24 bits per heavy atom. The zero-order valence-corrected chi connectivity index (χ0v) is 13.2. The molecule has 114 valence electrons. The molecule has 1 heterocycles. The summed E-state index contributed by atoms with van der Waals surface area (Å²) in [6, 6.07) is 7.27. The fourth-order valence-corrected chi connectivity index (χ4v) is 2.90. The molecule has 1 amide bonds. The third-order valence-electron chi connectivity index (χ3n) is 3.84. The normalized spacial score (nSPS) is 17.8. The lowest BCUT2D eigenvalue weighted by Gasteiger charge is -2.17. The monoisotopic (exact) mass is 306 g/mol. The molecule has 0 saturated carbocycles. The van der Waals surface area contributed by atoms with Gasteiger partial charge in [-0.15, -0.1) is 0 Å². The standard InChI is InChI=1S/C16H22N2O2S/c1-2-5-12-8-9-18(10-12)15(19)11-20-14-7-4-3-6-13(14)16(17)21/h3-4,6-7,12H,2,5,8-11H2,1H3,(H2,17,21). The van der Waals surface area contributed by atoms with E-state index >= 15 is 0 Å². The molecule has 0 spiro atoms. The van der Waals surface area contributed by atoms with E-state index in [1.54, 1.807) is 12.1 Å². The van der Waals surface area contributed by atoms with Crippen molar-refractivity contribution in [2.75, 3.05) is 19.7 Å². The number of amides is 1. The Hall–Kier alpha value is -1.62. The number of likely N-dealkylation sites (tertiary alicyclic amines) is 1. The van der Waals surface area contributed by atoms with Crippen molar-refractivity contribution in [3.05, 3.63) is 29.8 Å². The number of hydrogen-bond donors (Lipinski definition) is 1. The maximum Gasteiger partial charge on any atom is 0.260 e. The van der Waals surface area contributed by atoms with Crippen LogP contribution in [0.1, 0.15) is 31.7 Å².